The Hall–Kier alpha value is -0.0900. The van der Waals surface area contributed by atoms with Gasteiger partial charge in [-0.15, -0.1) is 11.3 Å². The second-order valence-corrected chi connectivity index (χ2v) is 6.21. The highest BCUT2D eigenvalue weighted by Gasteiger charge is 1.97. The lowest BCUT2D eigenvalue weighted by molar-refractivity contribution is 0.131. The molecule has 0 fully saturated rings. The SMILES string of the molecule is CCCCCCCOCCNCc1ccc(Cl)s1. The van der Waals surface area contributed by atoms with E-state index in [2.05, 4.69) is 18.3 Å². The monoisotopic (exact) mass is 289 g/mol. The molecule has 1 N–H and O–H groups in total. The molecule has 4 heteroatoms. The molecule has 0 saturated heterocycles. The fraction of sp³-hybridized carbons (Fsp3) is 0.714. The van der Waals surface area contributed by atoms with Crippen molar-refractivity contribution in [3.8, 4) is 0 Å². The van der Waals surface area contributed by atoms with Crippen LogP contribution in [0.25, 0.3) is 0 Å². The average Bonchev–Trinajstić information content (AvgIpc) is 2.77. The van der Waals surface area contributed by atoms with Gasteiger partial charge in [0.2, 0.25) is 0 Å². The van der Waals surface area contributed by atoms with E-state index < -0.39 is 0 Å². The number of halogens is 1. The van der Waals surface area contributed by atoms with Crippen LogP contribution in [0.4, 0.5) is 0 Å². The van der Waals surface area contributed by atoms with Crippen molar-refractivity contribution in [2.45, 2.75) is 45.6 Å². The van der Waals surface area contributed by atoms with Crippen LogP contribution in [0.3, 0.4) is 0 Å². The molecule has 18 heavy (non-hydrogen) atoms. The summed E-state index contributed by atoms with van der Waals surface area (Å²) >= 11 is 7.49. The Kier molecular flexibility index (Phi) is 9.58. The van der Waals surface area contributed by atoms with Crippen LogP contribution in [0, 0.1) is 0 Å². The van der Waals surface area contributed by atoms with Gasteiger partial charge in [-0.2, -0.15) is 0 Å². The second-order valence-electron chi connectivity index (χ2n) is 4.41. The number of hydrogen-bond acceptors (Lipinski definition) is 3. The third kappa shape index (κ3) is 8.09. The van der Waals surface area contributed by atoms with Crippen LogP contribution in [0.1, 0.15) is 43.9 Å². The topological polar surface area (TPSA) is 21.3 Å². The maximum Gasteiger partial charge on any atom is 0.0931 e. The molecular formula is C14H24ClNOS. The summed E-state index contributed by atoms with van der Waals surface area (Å²) in [6.45, 7) is 5.73. The summed E-state index contributed by atoms with van der Waals surface area (Å²) < 4.78 is 6.43. The molecule has 0 saturated carbocycles. The predicted molar refractivity (Wildman–Crippen MR) is 80.6 cm³/mol. The molecule has 2 nitrogen and oxygen atoms in total. The molecule has 0 aliphatic heterocycles. The summed E-state index contributed by atoms with van der Waals surface area (Å²) in [6.07, 6.45) is 6.50. The van der Waals surface area contributed by atoms with E-state index in [4.69, 9.17) is 16.3 Å². The zero-order valence-corrected chi connectivity index (χ0v) is 12.8. The Bertz CT molecular complexity index is 304. The fourth-order valence-corrected chi connectivity index (χ4v) is 2.77. The summed E-state index contributed by atoms with van der Waals surface area (Å²) in [5.74, 6) is 0. The van der Waals surface area contributed by atoms with Crippen LogP contribution >= 0.6 is 22.9 Å². The van der Waals surface area contributed by atoms with E-state index in [1.165, 1.54) is 37.0 Å². The van der Waals surface area contributed by atoms with E-state index in [1.54, 1.807) is 11.3 Å². The molecule has 0 aliphatic rings. The van der Waals surface area contributed by atoms with Crippen molar-refractivity contribution in [1.29, 1.82) is 0 Å². The fourth-order valence-electron chi connectivity index (χ4n) is 1.71. The highest BCUT2D eigenvalue weighted by molar-refractivity contribution is 7.16. The van der Waals surface area contributed by atoms with Gasteiger partial charge in [0.05, 0.1) is 10.9 Å². The molecule has 0 aromatic carbocycles. The maximum atomic E-state index is 5.86. The van der Waals surface area contributed by atoms with Crippen LogP contribution < -0.4 is 5.32 Å². The summed E-state index contributed by atoms with van der Waals surface area (Å²) in [6, 6.07) is 4.00. The minimum atomic E-state index is 0.798. The average molecular weight is 290 g/mol. The lowest BCUT2D eigenvalue weighted by Crippen LogP contribution is -2.18. The summed E-state index contributed by atoms with van der Waals surface area (Å²) in [5.41, 5.74) is 0. The van der Waals surface area contributed by atoms with Gasteiger partial charge >= 0.3 is 0 Å². The van der Waals surface area contributed by atoms with Gasteiger partial charge in [0, 0.05) is 24.6 Å². The summed E-state index contributed by atoms with van der Waals surface area (Å²) in [4.78, 5) is 1.28. The quantitative estimate of drug-likeness (QED) is 0.607. The zero-order valence-electron chi connectivity index (χ0n) is 11.2. The lowest BCUT2D eigenvalue weighted by Gasteiger charge is -2.05. The van der Waals surface area contributed by atoms with Crippen molar-refractivity contribution in [2.75, 3.05) is 19.8 Å². The van der Waals surface area contributed by atoms with Crippen LogP contribution in [-0.4, -0.2) is 19.8 Å². The number of thiophene rings is 1. The largest absolute Gasteiger partial charge is 0.380 e. The van der Waals surface area contributed by atoms with E-state index in [-0.39, 0.29) is 0 Å². The first-order valence-corrected chi connectivity index (χ1v) is 8.05. The minimum absolute atomic E-state index is 0.798. The van der Waals surface area contributed by atoms with E-state index >= 15 is 0 Å². The molecule has 0 amide bonds. The van der Waals surface area contributed by atoms with Gasteiger partial charge in [0.15, 0.2) is 0 Å². The van der Waals surface area contributed by atoms with E-state index in [9.17, 15) is 0 Å². The summed E-state index contributed by atoms with van der Waals surface area (Å²) in [7, 11) is 0. The molecule has 0 unspecified atom stereocenters. The van der Waals surface area contributed by atoms with Crippen molar-refractivity contribution in [3.05, 3.63) is 21.3 Å². The van der Waals surface area contributed by atoms with Gasteiger partial charge in [-0.3, -0.25) is 0 Å². The maximum absolute atomic E-state index is 5.86. The van der Waals surface area contributed by atoms with Gasteiger partial charge in [0.1, 0.15) is 0 Å². The van der Waals surface area contributed by atoms with E-state index in [0.29, 0.717) is 0 Å². The first-order chi connectivity index (χ1) is 8.83. The molecule has 1 rings (SSSR count). The lowest BCUT2D eigenvalue weighted by atomic mass is 10.2. The Labute approximate surface area is 120 Å². The third-order valence-corrected chi connectivity index (χ3v) is 3.97. The molecule has 0 radical (unpaired) electrons. The number of rotatable bonds is 11. The van der Waals surface area contributed by atoms with Crippen molar-refractivity contribution >= 4 is 22.9 Å². The van der Waals surface area contributed by atoms with Crippen molar-refractivity contribution in [1.82, 2.24) is 5.32 Å². The molecule has 0 spiro atoms. The Morgan fingerprint density at radius 1 is 1.17 bits per heavy atom. The van der Waals surface area contributed by atoms with Crippen LogP contribution in [-0.2, 0) is 11.3 Å². The highest BCUT2D eigenvalue weighted by atomic mass is 35.5. The van der Waals surface area contributed by atoms with Gasteiger partial charge in [0.25, 0.3) is 0 Å². The normalized spacial score (nSPS) is 11.0. The van der Waals surface area contributed by atoms with Crippen molar-refractivity contribution in [3.63, 3.8) is 0 Å². The Morgan fingerprint density at radius 2 is 2.00 bits per heavy atom. The molecule has 0 atom stereocenters. The van der Waals surface area contributed by atoms with E-state index in [1.807, 2.05) is 6.07 Å². The van der Waals surface area contributed by atoms with Gasteiger partial charge in [-0.25, -0.2) is 0 Å². The van der Waals surface area contributed by atoms with Crippen LogP contribution in [0.5, 0.6) is 0 Å². The Morgan fingerprint density at radius 3 is 2.72 bits per heavy atom. The number of nitrogens with one attached hydrogen (secondary N) is 1. The zero-order chi connectivity index (χ0) is 13.1. The second kappa shape index (κ2) is 10.8. The molecule has 1 heterocycles. The summed E-state index contributed by atoms with van der Waals surface area (Å²) in [5, 5.41) is 3.35. The number of unbranched alkanes of at least 4 members (excludes halogenated alkanes) is 4. The smallest absolute Gasteiger partial charge is 0.0931 e. The minimum Gasteiger partial charge on any atom is -0.380 e. The standard InChI is InChI=1S/C14H24ClNOS/c1-2-3-4-5-6-10-17-11-9-16-12-13-7-8-14(15)18-13/h7-8,16H,2-6,9-12H2,1H3. The van der Waals surface area contributed by atoms with Gasteiger partial charge in [-0.1, -0.05) is 44.2 Å². The molecule has 0 bridgehead atoms. The van der Waals surface area contributed by atoms with Crippen LogP contribution in [0.15, 0.2) is 12.1 Å². The van der Waals surface area contributed by atoms with Gasteiger partial charge in [-0.05, 0) is 18.6 Å². The van der Waals surface area contributed by atoms with Gasteiger partial charge < -0.3 is 10.1 Å². The number of ether oxygens (including phenoxy) is 1. The van der Waals surface area contributed by atoms with Crippen LogP contribution in [0.2, 0.25) is 4.34 Å². The highest BCUT2D eigenvalue weighted by Crippen LogP contribution is 2.20. The van der Waals surface area contributed by atoms with E-state index in [0.717, 1.165) is 30.6 Å². The number of hydrogen-bond donors (Lipinski definition) is 1. The van der Waals surface area contributed by atoms with Crippen molar-refractivity contribution in [2.24, 2.45) is 0 Å². The molecule has 104 valence electrons. The molecule has 1 aromatic heterocycles. The molecule has 1 aromatic rings. The predicted octanol–water partition coefficient (Wildman–Crippen LogP) is 4.48. The molecule has 0 aliphatic carbocycles. The molecular weight excluding hydrogens is 266 g/mol. The Balaban J connectivity index is 1.81. The first-order valence-electron chi connectivity index (χ1n) is 6.85. The third-order valence-electron chi connectivity index (χ3n) is 2.74. The van der Waals surface area contributed by atoms with Crippen molar-refractivity contribution < 1.29 is 4.74 Å². The first kappa shape index (κ1) is 16.0.